The summed E-state index contributed by atoms with van der Waals surface area (Å²) in [4.78, 5) is 20.6. The van der Waals surface area contributed by atoms with Crippen molar-refractivity contribution in [2.75, 3.05) is 44.3 Å². The zero-order chi connectivity index (χ0) is 22.7. The minimum absolute atomic E-state index is 0.0363. The Kier molecular flexibility index (Phi) is 7.24. The fraction of sp³-hybridized carbons (Fsp3) is 0.739. The Balaban J connectivity index is 1.27. The van der Waals surface area contributed by atoms with Gasteiger partial charge in [0.2, 0.25) is 5.91 Å². The minimum Gasteiger partial charge on any atom is -0.381 e. The number of rotatable bonds is 5. The van der Waals surface area contributed by atoms with E-state index >= 15 is 0 Å². The molecule has 0 aromatic carbocycles. The molecule has 4 unspecified atom stereocenters. The lowest BCUT2D eigenvalue weighted by Crippen LogP contribution is -2.50. The standard InChI is InChI=1S/C23H33F3N4O2/c1-2-16-15-32-10-5-21(16)28-19-4-3-17(11-19)22(31)30-8-6-29(7-9-30)20-12-18(13-27-14-20)23(24,25)26/h12-14,16-17,19,21,28H,2-11,15H2,1H3. The molecule has 3 fully saturated rings. The molecule has 3 heterocycles. The first-order valence-electron chi connectivity index (χ1n) is 11.7. The molecule has 6 nitrogen and oxygen atoms in total. The Labute approximate surface area is 187 Å². The highest BCUT2D eigenvalue weighted by molar-refractivity contribution is 5.79. The zero-order valence-corrected chi connectivity index (χ0v) is 18.6. The number of nitrogens with one attached hydrogen (secondary N) is 1. The molecule has 4 rings (SSSR count). The SMILES string of the molecule is CCC1COCCC1NC1CCC(C(=O)N2CCN(c3cncc(C(F)(F)F)c3)CC2)C1. The van der Waals surface area contributed by atoms with E-state index in [1.54, 1.807) is 0 Å². The molecule has 1 aliphatic carbocycles. The summed E-state index contributed by atoms with van der Waals surface area (Å²) < 4.78 is 44.5. The van der Waals surface area contributed by atoms with Crippen LogP contribution in [0.15, 0.2) is 18.5 Å². The second-order valence-electron chi connectivity index (χ2n) is 9.25. The van der Waals surface area contributed by atoms with Gasteiger partial charge < -0.3 is 19.9 Å². The van der Waals surface area contributed by atoms with Crippen LogP contribution < -0.4 is 10.2 Å². The van der Waals surface area contributed by atoms with Crippen molar-refractivity contribution in [2.45, 2.75) is 57.3 Å². The Morgan fingerprint density at radius 1 is 1.19 bits per heavy atom. The number of ether oxygens (including phenoxy) is 1. The molecular weight excluding hydrogens is 421 g/mol. The quantitative estimate of drug-likeness (QED) is 0.740. The number of piperazine rings is 1. The van der Waals surface area contributed by atoms with Gasteiger partial charge in [-0.25, -0.2) is 0 Å². The van der Waals surface area contributed by atoms with E-state index < -0.39 is 11.7 Å². The number of carbonyl (C=O) groups is 1. The molecule has 1 saturated carbocycles. The number of pyridine rings is 1. The first-order chi connectivity index (χ1) is 15.3. The lowest BCUT2D eigenvalue weighted by Gasteiger charge is -2.37. The molecule has 2 saturated heterocycles. The third kappa shape index (κ3) is 5.36. The highest BCUT2D eigenvalue weighted by atomic mass is 19.4. The summed E-state index contributed by atoms with van der Waals surface area (Å²) in [6.07, 6.45) is 2.80. The number of nitrogens with zero attached hydrogens (tertiary/aromatic N) is 3. The minimum atomic E-state index is -4.41. The number of halogens is 3. The number of alkyl halides is 3. The van der Waals surface area contributed by atoms with Crippen molar-refractivity contribution < 1.29 is 22.7 Å². The van der Waals surface area contributed by atoms with E-state index in [0.717, 1.165) is 57.6 Å². The molecule has 0 bridgehead atoms. The average molecular weight is 455 g/mol. The van der Waals surface area contributed by atoms with Crippen LogP contribution in [0.4, 0.5) is 18.9 Å². The predicted molar refractivity (Wildman–Crippen MR) is 115 cm³/mol. The van der Waals surface area contributed by atoms with Gasteiger partial charge in [-0.3, -0.25) is 9.78 Å². The van der Waals surface area contributed by atoms with Gasteiger partial charge in [-0.15, -0.1) is 0 Å². The molecule has 1 aromatic heterocycles. The van der Waals surface area contributed by atoms with Crippen LogP contribution in [-0.4, -0.2) is 67.3 Å². The van der Waals surface area contributed by atoms with Crippen LogP contribution >= 0.6 is 0 Å². The third-order valence-corrected chi connectivity index (χ3v) is 7.24. The van der Waals surface area contributed by atoms with Gasteiger partial charge in [-0.1, -0.05) is 6.92 Å². The molecule has 9 heteroatoms. The maximum absolute atomic E-state index is 13.1. The smallest absolute Gasteiger partial charge is 0.381 e. The number of hydrogen-bond donors (Lipinski definition) is 1. The predicted octanol–water partition coefficient (Wildman–Crippen LogP) is 3.32. The van der Waals surface area contributed by atoms with E-state index in [1.807, 2.05) is 9.80 Å². The second kappa shape index (κ2) is 9.95. The number of hydrogen-bond acceptors (Lipinski definition) is 5. The van der Waals surface area contributed by atoms with Crippen LogP contribution in [0.25, 0.3) is 0 Å². The summed E-state index contributed by atoms with van der Waals surface area (Å²) in [6.45, 7) is 5.91. The maximum Gasteiger partial charge on any atom is 0.417 e. The summed E-state index contributed by atoms with van der Waals surface area (Å²) in [6, 6.07) is 1.98. The van der Waals surface area contributed by atoms with Crippen LogP contribution in [0.2, 0.25) is 0 Å². The van der Waals surface area contributed by atoms with E-state index in [1.165, 1.54) is 6.20 Å². The fourth-order valence-electron chi connectivity index (χ4n) is 5.28. The van der Waals surface area contributed by atoms with Crippen molar-refractivity contribution in [3.8, 4) is 0 Å². The van der Waals surface area contributed by atoms with E-state index in [0.29, 0.717) is 49.9 Å². The Morgan fingerprint density at radius 3 is 2.69 bits per heavy atom. The van der Waals surface area contributed by atoms with Gasteiger partial charge in [0.25, 0.3) is 0 Å². The number of aromatic nitrogens is 1. The molecule has 3 aliphatic rings. The van der Waals surface area contributed by atoms with Crippen molar-refractivity contribution >= 4 is 11.6 Å². The normalized spacial score (nSPS) is 29.4. The Hall–Kier alpha value is -1.87. The summed E-state index contributed by atoms with van der Waals surface area (Å²) in [7, 11) is 0. The van der Waals surface area contributed by atoms with E-state index in [9.17, 15) is 18.0 Å². The first-order valence-corrected chi connectivity index (χ1v) is 11.7. The van der Waals surface area contributed by atoms with Gasteiger partial charge in [0, 0.05) is 57.0 Å². The number of anilines is 1. The van der Waals surface area contributed by atoms with E-state index in [4.69, 9.17) is 4.74 Å². The van der Waals surface area contributed by atoms with Gasteiger partial charge in [-0.05, 0) is 44.1 Å². The second-order valence-corrected chi connectivity index (χ2v) is 9.25. The summed E-state index contributed by atoms with van der Waals surface area (Å²) in [5, 5.41) is 3.79. The lowest BCUT2D eigenvalue weighted by molar-refractivity contribution is -0.137. The van der Waals surface area contributed by atoms with Crippen molar-refractivity contribution in [1.82, 2.24) is 15.2 Å². The van der Waals surface area contributed by atoms with Gasteiger partial charge >= 0.3 is 6.18 Å². The Bertz CT molecular complexity index is 783. The van der Waals surface area contributed by atoms with Crippen molar-refractivity contribution in [2.24, 2.45) is 11.8 Å². The summed E-state index contributed by atoms with van der Waals surface area (Å²) in [5.74, 6) is 0.765. The van der Waals surface area contributed by atoms with Crippen LogP contribution in [-0.2, 0) is 15.7 Å². The molecule has 1 amide bonds. The van der Waals surface area contributed by atoms with Crippen LogP contribution in [0.5, 0.6) is 0 Å². The van der Waals surface area contributed by atoms with Crippen molar-refractivity contribution in [1.29, 1.82) is 0 Å². The summed E-state index contributed by atoms with van der Waals surface area (Å²) in [5.41, 5.74) is -0.285. The molecule has 2 aliphatic heterocycles. The highest BCUT2D eigenvalue weighted by Crippen LogP contribution is 2.32. The lowest BCUT2D eigenvalue weighted by atomic mass is 9.92. The highest BCUT2D eigenvalue weighted by Gasteiger charge is 2.36. The molecule has 4 atom stereocenters. The molecule has 0 radical (unpaired) electrons. The van der Waals surface area contributed by atoms with E-state index in [2.05, 4.69) is 17.2 Å². The molecule has 178 valence electrons. The fourth-order valence-corrected chi connectivity index (χ4v) is 5.28. The van der Waals surface area contributed by atoms with Crippen LogP contribution in [0.1, 0.15) is 44.6 Å². The van der Waals surface area contributed by atoms with Gasteiger partial charge in [0.1, 0.15) is 0 Å². The van der Waals surface area contributed by atoms with Gasteiger partial charge in [0.15, 0.2) is 0 Å². The monoisotopic (exact) mass is 454 g/mol. The van der Waals surface area contributed by atoms with Crippen LogP contribution in [0, 0.1) is 11.8 Å². The summed E-state index contributed by atoms with van der Waals surface area (Å²) >= 11 is 0. The third-order valence-electron chi connectivity index (χ3n) is 7.24. The van der Waals surface area contributed by atoms with E-state index in [-0.39, 0.29) is 11.8 Å². The molecule has 0 spiro atoms. The van der Waals surface area contributed by atoms with Gasteiger partial charge in [-0.2, -0.15) is 13.2 Å². The van der Waals surface area contributed by atoms with Gasteiger partial charge in [0.05, 0.1) is 24.1 Å². The number of amides is 1. The first kappa shape index (κ1) is 23.3. The van der Waals surface area contributed by atoms with Crippen LogP contribution in [0.3, 0.4) is 0 Å². The topological polar surface area (TPSA) is 57.7 Å². The molecule has 1 aromatic rings. The van der Waals surface area contributed by atoms with Crippen molar-refractivity contribution in [3.05, 3.63) is 24.0 Å². The largest absolute Gasteiger partial charge is 0.417 e. The van der Waals surface area contributed by atoms with Crippen molar-refractivity contribution in [3.63, 3.8) is 0 Å². The molecule has 1 N–H and O–H groups in total. The zero-order valence-electron chi connectivity index (χ0n) is 18.6. The molecule has 32 heavy (non-hydrogen) atoms. The average Bonchev–Trinajstić information content (AvgIpc) is 3.27. The number of carbonyl (C=O) groups excluding carboxylic acids is 1. The maximum atomic E-state index is 13.1. The Morgan fingerprint density at radius 2 is 1.97 bits per heavy atom. The molecular formula is C23H33F3N4O2.